The van der Waals surface area contributed by atoms with Crippen LogP contribution in [0.2, 0.25) is 5.02 Å². The minimum atomic E-state index is 0.375. The van der Waals surface area contributed by atoms with Crippen molar-refractivity contribution in [3.05, 3.63) is 52.0 Å². The zero-order valence-corrected chi connectivity index (χ0v) is 12.5. The lowest BCUT2D eigenvalue weighted by Crippen LogP contribution is -1.86. The van der Waals surface area contributed by atoms with Gasteiger partial charge < -0.3 is 10.3 Å². The molecule has 100 valence electrons. The Labute approximate surface area is 128 Å². The Morgan fingerprint density at radius 2 is 2.00 bits per heavy atom. The average molecular weight is 351 g/mol. The molecule has 0 atom stereocenters. The summed E-state index contributed by atoms with van der Waals surface area (Å²) in [6.45, 7) is 0. The van der Waals surface area contributed by atoms with Gasteiger partial charge in [0.1, 0.15) is 0 Å². The van der Waals surface area contributed by atoms with Gasteiger partial charge in [0.25, 0.3) is 5.89 Å². The number of hydrogen-bond acceptors (Lipinski definition) is 4. The first-order valence-electron chi connectivity index (χ1n) is 5.78. The van der Waals surface area contributed by atoms with Gasteiger partial charge in [0.15, 0.2) is 0 Å². The maximum Gasteiger partial charge on any atom is 0.259 e. The van der Waals surface area contributed by atoms with Gasteiger partial charge >= 0.3 is 0 Å². The summed E-state index contributed by atoms with van der Waals surface area (Å²) >= 11 is 9.52. The molecule has 1 heterocycles. The highest BCUT2D eigenvalue weighted by Gasteiger charge is 2.13. The van der Waals surface area contributed by atoms with Crippen LogP contribution in [0.15, 0.2) is 51.5 Å². The van der Waals surface area contributed by atoms with Crippen molar-refractivity contribution in [3.8, 4) is 22.8 Å². The van der Waals surface area contributed by atoms with E-state index < -0.39 is 0 Å². The molecule has 2 N–H and O–H groups in total. The van der Waals surface area contributed by atoms with Gasteiger partial charge in [-0.25, -0.2) is 0 Å². The van der Waals surface area contributed by atoms with E-state index in [1.807, 2.05) is 24.3 Å². The van der Waals surface area contributed by atoms with E-state index in [4.69, 9.17) is 21.9 Å². The van der Waals surface area contributed by atoms with Crippen LogP contribution in [0.3, 0.4) is 0 Å². The number of rotatable bonds is 2. The fourth-order valence-corrected chi connectivity index (χ4v) is 2.55. The Kier molecular flexibility index (Phi) is 3.46. The van der Waals surface area contributed by atoms with Crippen molar-refractivity contribution in [2.75, 3.05) is 5.73 Å². The summed E-state index contributed by atoms with van der Waals surface area (Å²) in [4.78, 5) is 4.35. The highest BCUT2D eigenvalue weighted by atomic mass is 79.9. The SMILES string of the molecule is Nc1cccc(-c2noc(-c3ccc(Br)cc3Cl)n2)c1. The van der Waals surface area contributed by atoms with E-state index in [2.05, 4.69) is 26.1 Å². The lowest BCUT2D eigenvalue weighted by atomic mass is 10.2. The van der Waals surface area contributed by atoms with E-state index in [9.17, 15) is 0 Å². The first-order chi connectivity index (χ1) is 9.63. The molecule has 0 spiro atoms. The Hall–Kier alpha value is -1.85. The van der Waals surface area contributed by atoms with Crippen LogP contribution in [-0.2, 0) is 0 Å². The van der Waals surface area contributed by atoms with Crippen LogP contribution in [-0.4, -0.2) is 10.1 Å². The molecule has 4 nitrogen and oxygen atoms in total. The minimum absolute atomic E-state index is 0.375. The highest BCUT2D eigenvalue weighted by Crippen LogP contribution is 2.30. The third kappa shape index (κ3) is 2.55. The first kappa shape index (κ1) is 13.1. The summed E-state index contributed by atoms with van der Waals surface area (Å²) in [5.74, 6) is 0.853. The number of nitrogens with two attached hydrogens (primary N) is 1. The van der Waals surface area contributed by atoms with E-state index in [1.54, 1.807) is 18.2 Å². The molecule has 0 unspecified atom stereocenters. The number of anilines is 1. The number of aromatic nitrogens is 2. The van der Waals surface area contributed by atoms with E-state index >= 15 is 0 Å². The molecule has 1 aromatic heterocycles. The predicted octanol–water partition coefficient (Wildman–Crippen LogP) is 4.40. The summed E-state index contributed by atoms with van der Waals surface area (Å²) in [6, 6.07) is 12.8. The monoisotopic (exact) mass is 349 g/mol. The normalized spacial score (nSPS) is 10.7. The second-order valence-electron chi connectivity index (χ2n) is 4.17. The number of nitrogens with zero attached hydrogens (tertiary/aromatic N) is 2. The molecule has 0 radical (unpaired) electrons. The van der Waals surface area contributed by atoms with Crippen LogP contribution in [0, 0.1) is 0 Å². The second kappa shape index (κ2) is 5.26. The molecule has 2 aromatic carbocycles. The van der Waals surface area contributed by atoms with Crippen molar-refractivity contribution in [2.45, 2.75) is 0 Å². The minimum Gasteiger partial charge on any atom is -0.399 e. The zero-order valence-electron chi connectivity index (χ0n) is 10.2. The molecule has 0 aliphatic carbocycles. The topological polar surface area (TPSA) is 64.9 Å². The van der Waals surface area contributed by atoms with Crippen LogP contribution in [0.4, 0.5) is 5.69 Å². The van der Waals surface area contributed by atoms with Gasteiger partial charge in [0.05, 0.1) is 10.6 Å². The molecule has 6 heteroatoms. The first-order valence-corrected chi connectivity index (χ1v) is 6.95. The van der Waals surface area contributed by atoms with Crippen molar-refractivity contribution in [3.63, 3.8) is 0 Å². The molecular weight excluding hydrogens is 342 g/mol. The van der Waals surface area contributed by atoms with Gasteiger partial charge in [-0.15, -0.1) is 0 Å². The smallest absolute Gasteiger partial charge is 0.259 e. The van der Waals surface area contributed by atoms with E-state index in [-0.39, 0.29) is 0 Å². The lowest BCUT2D eigenvalue weighted by Gasteiger charge is -1.98. The Bertz CT molecular complexity index is 773. The third-order valence-corrected chi connectivity index (χ3v) is 3.54. The van der Waals surface area contributed by atoms with Crippen molar-refractivity contribution in [1.29, 1.82) is 0 Å². The molecular formula is C14H9BrClN3O. The number of halogens is 2. The molecule has 0 amide bonds. The van der Waals surface area contributed by atoms with E-state index in [0.717, 1.165) is 10.0 Å². The van der Waals surface area contributed by atoms with E-state index in [0.29, 0.717) is 28.0 Å². The molecule has 0 aliphatic rings. The largest absolute Gasteiger partial charge is 0.399 e. The molecule has 3 rings (SSSR count). The van der Waals surface area contributed by atoms with E-state index in [1.165, 1.54) is 0 Å². The number of hydrogen-bond donors (Lipinski definition) is 1. The predicted molar refractivity (Wildman–Crippen MR) is 82.3 cm³/mol. The summed E-state index contributed by atoms with van der Waals surface area (Å²) in [6.07, 6.45) is 0. The van der Waals surface area contributed by atoms with Crippen molar-refractivity contribution >= 4 is 33.2 Å². The standard InChI is InChI=1S/C14H9BrClN3O/c15-9-4-5-11(12(16)7-9)14-18-13(19-20-14)8-2-1-3-10(17)6-8/h1-7H,17H2. The summed E-state index contributed by atoms with van der Waals surface area (Å²) < 4.78 is 6.15. The summed E-state index contributed by atoms with van der Waals surface area (Å²) in [7, 11) is 0. The maximum absolute atomic E-state index is 6.17. The van der Waals surface area contributed by atoms with Crippen LogP contribution in [0.25, 0.3) is 22.8 Å². The van der Waals surface area contributed by atoms with Crippen molar-refractivity contribution < 1.29 is 4.52 Å². The molecule has 3 aromatic rings. The summed E-state index contributed by atoms with van der Waals surface area (Å²) in [5, 5.41) is 4.50. The van der Waals surface area contributed by atoms with Gasteiger partial charge in [-0.3, -0.25) is 0 Å². The van der Waals surface area contributed by atoms with Crippen LogP contribution in [0.1, 0.15) is 0 Å². The van der Waals surface area contributed by atoms with Crippen molar-refractivity contribution in [1.82, 2.24) is 10.1 Å². The molecule has 0 fully saturated rings. The van der Waals surface area contributed by atoms with Crippen LogP contribution < -0.4 is 5.73 Å². The second-order valence-corrected chi connectivity index (χ2v) is 5.50. The van der Waals surface area contributed by atoms with Gasteiger partial charge in [-0.05, 0) is 30.3 Å². The third-order valence-electron chi connectivity index (χ3n) is 2.73. The fraction of sp³-hybridized carbons (Fsp3) is 0. The Balaban J connectivity index is 2.02. The van der Waals surface area contributed by atoms with Crippen LogP contribution in [0.5, 0.6) is 0 Å². The van der Waals surface area contributed by atoms with Crippen molar-refractivity contribution in [2.24, 2.45) is 0 Å². The van der Waals surface area contributed by atoms with Gasteiger partial charge in [0.2, 0.25) is 5.82 Å². The lowest BCUT2D eigenvalue weighted by molar-refractivity contribution is 0.432. The molecule has 20 heavy (non-hydrogen) atoms. The van der Waals surface area contributed by atoms with Crippen LogP contribution >= 0.6 is 27.5 Å². The molecule has 0 aliphatic heterocycles. The molecule has 0 bridgehead atoms. The van der Waals surface area contributed by atoms with Gasteiger partial charge in [-0.2, -0.15) is 4.98 Å². The fourth-order valence-electron chi connectivity index (χ4n) is 1.79. The number of benzene rings is 2. The maximum atomic E-state index is 6.17. The Morgan fingerprint density at radius 1 is 1.15 bits per heavy atom. The van der Waals surface area contributed by atoms with Gasteiger partial charge in [0, 0.05) is 15.7 Å². The molecule has 0 saturated carbocycles. The number of nitrogen functional groups attached to an aromatic ring is 1. The highest BCUT2D eigenvalue weighted by molar-refractivity contribution is 9.10. The quantitative estimate of drug-likeness (QED) is 0.696. The Morgan fingerprint density at radius 3 is 2.75 bits per heavy atom. The average Bonchev–Trinajstić information content (AvgIpc) is 2.88. The molecule has 0 saturated heterocycles. The zero-order chi connectivity index (χ0) is 14.1. The van der Waals surface area contributed by atoms with Gasteiger partial charge in [-0.1, -0.05) is 44.8 Å². The summed E-state index contributed by atoms with van der Waals surface area (Å²) in [5.41, 5.74) is 7.88.